The maximum absolute atomic E-state index is 5.75. The van der Waals surface area contributed by atoms with E-state index in [1.807, 2.05) is 25.5 Å². The van der Waals surface area contributed by atoms with E-state index < -0.39 is 0 Å². The highest BCUT2D eigenvalue weighted by molar-refractivity contribution is 5.28. The number of nitrogens with zero attached hydrogens (tertiary/aromatic N) is 4. The van der Waals surface area contributed by atoms with Crippen LogP contribution in [0.5, 0.6) is 0 Å². The average Bonchev–Trinajstić information content (AvgIpc) is 2.86. The second kappa shape index (κ2) is 5.07. The molecule has 0 bridgehead atoms. The molecule has 0 amide bonds. The standard InChI is InChI=1S/C13H18N6/c1-19-8-11(17-18-19)13(16-14)10-6-2-4-9-5-3-7-15-12(9)10/h3,5,7-8,10,13,16H,2,4,6,14H2,1H3. The van der Waals surface area contributed by atoms with Crippen molar-refractivity contribution in [3.63, 3.8) is 0 Å². The summed E-state index contributed by atoms with van der Waals surface area (Å²) in [6.45, 7) is 0. The second-order valence-electron chi connectivity index (χ2n) is 5.01. The molecule has 1 aliphatic rings. The van der Waals surface area contributed by atoms with Crippen molar-refractivity contribution in [2.24, 2.45) is 12.9 Å². The molecular weight excluding hydrogens is 240 g/mol. The molecule has 0 radical (unpaired) electrons. The summed E-state index contributed by atoms with van der Waals surface area (Å²) in [6, 6.07) is 4.11. The van der Waals surface area contributed by atoms with E-state index in [2.05, 4.69) is 26.8 Å². The number of aryl methyl sites for hydroxylation is 2. The van der Waals surface area contributed by atoms with E-state index in [-0.39, 0.29) is 12.0 Å². The van der Waals surface area contributed by atoms with Gasteiger partial charge in [0.15, 0.2) is 0 Å². The lowest BCUT2D eigenvalue weighted by Crippen LogP contribution is -2.34. The van der Waals surface area contributed by atoms with Crippen LogP contribution in [0.4, 0.5) is 0 Å². The van der Waals surface area contributed by atoms with Gasteiger partial charge in [0, 0.05) is 31.1 Å². The van der Waals surface area contributed by atoms with Crippen LogP contribution in [0.1, 0.15) is 41.8 Å². The molecule has 3 N–H and O–H groups in total. The minimum absolute atomic E-state index is 0.0392. The minimum Gasteiger partial charge on any atom is -0.271 e. The molecule has 1 aliphatic carbocycles. The van der Waals surface area contributed by atoms with Crippen molar-refractivity contribution in [1.29, 1.82) is 0 Å². The smallest absolute Gasteiger partial charge is 0.102 e. The number of aromatic nitrogens is 4. The Morgan fingerprint density at radius 3 is 3.16 bits per heavy atom. The van der Waals surface area contributed by atoms with E-state index in [0.717, 1.165) is 30.7 Å². The molecule has 2 aromatic heterocycles. The summed E-state index contributed by atoms with van der Waals surface area (Å²) in [6.07, 6.45) is 7.07. The molecule has 0 aromatic carbocycles. The Kier molecular flexibility index (Phi) is 3.27. The Balaban J connectivity index is 1.97. The summed E-state index contributed by atoms with van der Waals surface area (Å²) >= 11 is 0. The highest BCUT2D eigenvalue weighted by Gasteiger charge is 2.31. The molecule has 0 saturated carbocycles. The number of nitrogens with two attached hydrogens (primary N) is 1. The fourth-order valence-corrected chi connectivity index (χ4v) is 2.89. The van der Waals surface area contributed by atoms with Crippen molar-refractivity contribution in [2.45, 2.75) is 31.2 Å². The van der Waals surface area contributed by atoms with E-state index in [1.54, 1.807) is 4.68 Å². The molecule has 19 heavy (non-hydrogen) atoms. The maximum Gasteiger partial charge on any atom is 0.102 e. The van der Waals surface area contributed by atoms with Crippen LogP contribution >= 0.6 is 0 Å². The van der Waals surface area contributed by atoms with Gasteiger partial charge in [0.2, 0.25) is 0 Å². The molecule has 3 rings (SSSR count). The monoisotopic (exact) mass is 258 g/mol. The van der Waals surface area contributed by atoms with Crippen LogP contribution in [0.15, 0.2) is 24.5 Å². The molecular formula is C13H18N6. The molecule has 0 fully saturated rings. The SMILES string of the molecule is Cn1cc(C(NN)C2CCCc3cccnc32)nn1. The molecule has 100 valence electrons. The van der Waals surface area contributed by atoms with Crippen LogP contribution < -0.4 is 11.3 Å². The van der Waals surface area contributed by atoms with Crippen molar-refractivity contribution in [3.8, 4) is 0 Å². The van der Waals surface area contributed by atoms with Gasteiger partial charge in [-0.1, -0.05) is 11.3 Å². The van der Waals surface area contributed by atoms with Gasteiger partial charge >= 0.3 is 0 Å². The van der Waals surface area contributed by atoms with E-state index >= 15 is 0 Å². The zero-order valence-electron chi connectivity index (χ0n) is 11.0. The van der Waals surface area contributed by atoms with Crippen molar-refractivity contribution in [2.75, 3.05) is 0 Å². The molecule has 0 spiro atoms. The zero-order chi connectivity index (χ0) is 13.2. The Morgan fingerprint density at radius 2 is 2.42 bits per heavy atom. The summed E-state index contributed by atoms with van der Waals surface area (Å²) in [7, 11) is 1.86. The van der Waals surface area contributed by atoms with Gasteiger partial charge < -0.3 is 0 Å². The average molecular weight is 258 g/mol. The van der Waals surface area contributed by atoms with E-state index in [0.29, 0.717) is 0 Å². The number of rotatable bonds is 3. The molecule has 6 nitrogen and oxygen atoms in total. The lowest BCUT2D eigenvalue weighted by Gasteiger charge is -2.29. The van der Waals surface area contributed by atoms with Crippen LogP contribution in [0.3, 0.4) is 0 Å². The van der Waals surface area contributed by atoms with Gasteiger partial charge in [-0.3, -0.25) is 20.9 Å². The number of pyridine rings is 1. The normalized spacial score (nSPS) is 20.0. The van der Waals surface area contributed by atoms with Crippen LogP contribution in [0.2, 0.25) is 0 Å². The van der Waals surface area contributed by atoms with Crippen LogP contribution in [0.25, 0.3) is 0 Å². The van der Waals surface area contributed by atoms with Gasteiger partial charge in [-0.15, -0.1) is 5.10 Å². The molecule has 0 saturated heterocycles. The van der Waals surface area contributed by atoms with Gasteiger partial charge in [-0.25, -0.2) is 0 Å². The van der Waals surface area contributed by atoms with Gasteiger partial charge in [-0.2, -0.15) is 0 Å². The van der Waals surface area contributed by atoms with Crippen LogP contribution in [-0.2, 0) is 13.5 Å². The summed E-state index contributed by atoms with van der Waals surface area (Å²) < 4.78 is 1.70. The summed E-state index contributed by atoms with van der Waals surface area (Å²) in [4.78, 5) is 4.55. The van der Waals surface area contributed by atoms with Gasteiger partial charge in [0.05, 0.1) is 6.04 Å². The fraction of sp³-hybridized carbons (Fsp3) is 0.462. The first kappa shape index (κ1) is 12.3. The number of nitrogens with one attached hydrogen (secondary N) is 1. The summed E-state index contributed by atoms with van der Waals surface area (Å²) in [5.41, 5.74) is 6.22. The van der Waals surface area contributed by atoms with Crippen molar-refractivity contribution in [1.82, 2.24) is 25.4 Å². The number of fused-ring (bicyclic) bond motifs is 1. The molecule has 0 aliphatic heterocycles. The third kappa shape index (κ3) is 2.24. The zero-order valence-corrected chi connectivity index (χ0v) is 11.0. The third-order valence-electron chi connectivity index (χ3n) is 3.76. The Hall–Kier alpha value is -1.79. The van der Waals surface area contributed by atoms with Crippen LogP contribution in [-0.4, -0.2) is 20.0 Å². The summed E-state index contributed by atoms with van der Waals surface area (Å²) in [5, 5.41) is 8.16. The molecule has 2 aromatic rings. The number of hydrogen-bond acceptors (Lipinski definition) is 5. The Labute approximate surface area is 112 Å². The van der Waals surface area contributed by atoms with E-state index in [1.165, 1.54) is 5.56 Å². The van der Waals surface area contributed by atoms with E-state index in [9.17, 15) is 0 Å². The predicted octanol–water partition coefficient (Wildman–Crippen LogP) is 0.835. The van der Waals surface area contributed by atoms with E-state index in [4.69, 9.17) is 5.84 Å². The summed E-state index contributed by atoms with van der Waals surface area (Å²) in [5.74, 6) is 6.00. The number of hydrogen-bond donors (Lipinski definition) is 2. The second-order valence-corrected chi connectivity index (χ2v) is 5.01. The van der Waals surface area contributed by atoms with Gasteiger partial charge in [-0.05, 0) is 30.9 Å². The lowest BCUT2D eigenvalue weighted by atomic mass is 9.81. The molecule has 2 unspecified atom stereocenters. The molecule has 6 heteroatoms. The topological polar surface area (TPSA) is 81.7 Å². The quantitative estimate of drug-likeness (QED) is 0.629. The maximum atomic E-state index is 5.75. The predicted molar refractivity (Wildman–Crippen MR) is 71.0 cm³/mol. The Morgan fingerprint density at radius 1 is 1.53 bits per heavy atom. The number of hydrazine groups is 1. The van der Waals surface area contributed by atoms with Crippen molar-refractivity contribution < 1.29 is 0 Å². The molecule has 2 atom stereocenters. The van der Waals surface area contributed by atoms with Crippen molar-refractivity contribution >= 4 is 0 Å². The highest BCUT2D eigenvalue weighted by atomic mass is 15.4. The first-order valence-electron chi connectivity index (χ1n) is 6.55. The van der Waals surface area contributed by atoms with Crippen molar-refractivity contribution in [3.05, 3.63) is 41.5 Å². The first-order chi connectivity index (χ1) is 9.29. The largest absolute Gasteiger partial charge is 0.271 e. The van der Waals surface area contributed by atoms with Gasteiger partial charge in [0.1, 0.15) is 5.69 Å². The third-order valence-corrected chi connectivity index (χ3v) is 3.76. The highest BCUT2D eigenvalue weighted by Crippen LogP contribution is 2.37. The van der Waals surface area contributed by atoms with Gasteiger partial charge in [0.25, 0.3) is 0 Å². The minimum atomic E-state index is -0.0392. The molecule has 2 heterocycles. The lowest BCUT2D eigenvalue weighted by molar-refractivity contribution is 0.392. The fourth-order valence-electron chi connectivity index (χ4n) is 2.89. The first-order valence-corrected chi connectivity index (χ1v) is 6.55. The van der Waals surface area contributed by atoms with Crippen LogP contribution in [0, 0.1) is 0 Å². The Bertz CT molecular complexity index is 564.